The predicted octanol–water partition coefficient (Wildman–Crippen LogP) is 0.850. The zero-order valence-electron chi connectivity index (χ0n) is 7.43. The summed E-state index contributed by atoms with van der Waals surface area (Å²) in [5.74, 6) is -0.851. The van der Waals surface area contributed by atoms with Crippen LogP contribution >= 0.6 is 0 Å². The van der Waals surface area contributed by atoms with E-state index in [0.29, 0.717) is 13.0 Å². The van der Waals surface area contributed by atoms with Gasteiger partial charge in [-0.25, -0.2) is 9.59 Å². The Balaban J connectivity index is 2.71. The number of likely N-dealkylation sites (tertiary alicyclic amines) is 1. The van der Waals surface area contributed by atoms with Crippen LogP contribution < -0.4 is 0 Å². The molecule has 5 nitrogen and oxygen atoms in total. The Morgan fingerprint density at radius 1 is 1.46 bits per heavy atom. The number of carbonyl (C=O) groups is 2. The molecule has 1 rings (SSSR count). The van der Waals surface area contributed by atoms with Crippen molar-refractivity contribution < 1.29 is 19.8 Å². The number of carboxylic acids is 1. The summed E-state index contributed by atoms with van der Waals surface area (Å²) in [4.78, 5) is 22.3. The third-order valence-electron chi connectivity index (χ3n) is 2.50. The summed E-state index contributed by atoms with van der Waals surface area (Å²) >= 11 is 0. The zero-order chi connectivity index (χ0) is 10.0. The van der Waals surface area contributed by atoms with Gasteiger partial charge in [-0.1, -0.05) is 13.3 Å². The summed E-state index contributed by atoms with van der Waals surface area (Å²) in [5, 5.41) is 17.4. The van der Waals surface area contributed by atoms with Crippen LogP contribution in [0.5, 0.6) is 0 Å². The van der Waals surface area contributed by atoms with Crippen molar-refractivity contribution in [3.8, 4) is 0 Å². The lowest BCUT2D eigenvalue weighted by Gasteiger charge is -2.16. The van der Waals surface area contributed by atoms with Crippen LogP contribution in [0.2, 0.25) is 0 Å². The highest BCUT2D eigenvalue weighted by molar-refractivity contribution is 5.80. The van der Waals surface area contributed by atoms with Gasteiger partial charge in [-0.3, -0.25) is 4.90 Å². The largest absolute Gasteiger partial charge is 0.480 e. The van der Waals surface area contributed by atoms with Crippen molar-refractivity contribution in [2.75, 3.05) is 6.54 Å². The molecule has 2 N–H and O–H groups in total. The van der Waals surface area contributed by atoms with Crippen LogP contribution in [0, 0.1) is 5.92 Å². The van der Waals surface area contributed by atoms with E-state index in [-0.39, 0.29) is 5.92 Å². The Hall–Kier alpha value is -1.26. The Morgan fingerprint density at radius 2 is 2.08 bits per heavy atom. The summed E-state index contributed by atoms with van der Waals surface area (Å²) in [7, 11) is 0. The van der Waals surface area contributed by atoms with Crippen molar-refractivity contribution in [3.63, 3.8) is 0 Å². The van der Waals surface area contributed by atoms with Crippen LogP contribution in [0.1, 0.15) is 19.8 Å². The van der Waals surface area contributed by atoms with Crippen LogP contribution in [0.25, 0.3) is 0 Å². The fraction of sp³-hybridized carbons (Fsp3) is 0.750. The van der Waals surface area contributed by atoms with E-state index in [4.69, 9.17) is 10.2 Å². The first-order valence-corrected chi connectivity index (χ1v) is 4.28. The fourth-order valence-electron chi connectivity index (χ4n) is 1.66. The molecule has 0 saturated carbocycles. The third-order valence-corrected chi connectivity index (χ3v) is 2.50. The number of hydrogen-bond donors (Lipinski definition) is 2. The molecule has 0 unspecified atom stereocenters. The molecule has 0 radical (unpaired) electrons. The standard InChI is InChI=1S/C8H13NO4/c1-2-5-3-6(7(10)11)9(4-5)8(12)13/h5-6H,2-4H2,1H3,(H,10,11)(H,12,13)/t5-,6-/m0/s1. The van der Waals surface area contributed by atoms with Gasteiger partial charge in [0.2, 0.25) is 0 Å². The van der Waals surface area contributed by atoms with Crippen molar-refractivity contribution in [3.05, 3.63) is 0 Å². The van der Waals surface area contributed by atoms with Crippen molar-refractivity contribution in [1.29, 1.82) is 0 Å². The van der Waals surface area contributed by atoms with Crippen LogP contribution in [-0.4, -0.2) is 39.8 Å². The molecule has 0 spiro atoms. The van der Waals surface area contributed by atoms with Gasteiger partial charge < -0.3 is 10.2 Å². The quantitative estimate of drug-likeness (QED) is 0.671. The minimum Gasteiger partial charge on any atom is -0.480 e. The van der Waals surface area contributed by atoms with Gasteiger partial charge in [0, 0.05) is 6.54 Å². The van der Waals surface area contributed by atoms with E-state index < -0.39 is 18.1 Å². The van der Waals surface area contributed by atoms with Gasteiger partial charge >= 0.3 is 12.1 Å². The van der Waals surface area contributed by atoms with E-state index in [2.05, 4.69) is 0 Å². The minimum absolute atomic E-state index is 0.192. The Bertz CT molecular complexity index is 206. The Labute approximate surface area is 76.0 Å². The molecule has 13 heavy (non-hydrogen) atoms. The summed E-state index contributed by atoms with van der Waals surface area (Å²) in [6.07, 6.45) is 0.134. The van der Waals surface area contributed by atoms with Gasteiger partial charge in [0.1, 0.15) is 6.04 Å². The van der Waals surface area contributed by atoms with Gasteiger partial charge in [0.25, 0.3) is 0 Å². The number of nitrogens with zero attached hydrogens (tertiary/aromatic N) is 1. The first-order chi connectivity index (χ1) is 6.06. The van der Waals surface area contributed by atoms with Crippen LogP contribution in [0.4, 0.5) is 4.79 Å². The Kier molecular flexibility index (Phi) is 2.75. The molecule has 5 heteroatoms. The summed E-state index contributed by atoms with van der Waals surface area (Å²) in [5.41, 5.74) is 0. The monoisotopic (exact) mass is 187 g/mol. The predicted molar refractivity (Wildman–Crippen MR) is 44.6 cm³/mol. The molecule has 0 aromatic heterocycles. The molecule has 0 aromatic rings. The van der Waals surface area contributed by atoms with Crippen molar-refractivity contribution in [2.45, 2.75) is 25.8 Å². The van der Waals surface area contributed by atoms with E-state index in [0.717, 1.165) is 11.3 Å². The van der Waals surface area contributed by atoms with Gasteiger partial charge in [-0.05, 0) is 12.3 Å². The number of aliphatic carboxylic acids is 1. The molecule has 1 fully saturated rings. The van der Waals surface area contributed by atoms with Crippen molar-refractivity contribution >= 4 is 12.1 Å². The Morgan fingerprint density at radius 3 is 2.38 bits per heavy atom. The van der Waals surface area contributed by atoms with E-state index in [1.54, 1.807) is 0 Å². The molecule has 1 amide bonds. The van der Waals surface area contributed by atoms with Crippen molar-refractivity contribution in [1.82, 2.24) is 4.90 Å². The lowest BCUT2D eigenvalue weighted by atomic mass is 10.0. The average Bonchev–Trinajstić information content (AvgIpc) is 2.47. The smallest absolute Gasteiger partial charge is 0.408 e. The van der Waals surface area contributed by atoms with Gasteiger partial charge in [0.15, 0.2) is 0 Å². The topological polar surface area (TPSA) is 77.8 Å². The number of amides is 1. The molecule has 1 saturated heterocycles. The lowest BCUT2D eigenvalue weighted by Crippen LogP contribution is -2.39. The highest BCUT2D eigenvalue weighted by atomic mass is 16.4. The lowest BCUT2D eigenvalue weighted by molar-refractivity contribution is -0.141. The second kappa shape index (κ2) is 3.64. The SMILES string of the molecule is CC[C@H]1C[C@@H](C(=O)O)N(C(=O)O)C1. The van der Waals surface area contributed by atoms with Gasteiger partial charge in [-0.15, -0.1) is 0 Å². The highest BCUT2D eigenvalue weighted by Crippen LogP contribution is 2.25. The highest BCUT2D eigenvalue weighted by Gasteiger charge is 2.38. The molecule has 74 valence electrons. The molecular weight excluding hydrogens is 174 g/mol. The minimum atomic E-state index is -1.14. The molecular formula is C8H13NO4. The third kappa shape index (κ3) is 1.91. The zero-order valence-corrected chi connectivity index (χ0v) is 7.43. The van der Waals surface area contributed by atoms with Gasteiger partial charge in [0.05, 0.1) is 0 Å². The molecule has 1 aliphatic heterocycles. The number of hydrogen-bond acceptors (Lipinski definition) is 2. The van der Waals surface area contributed by atoms with Crippen molar-refractivity contribution in [2.24, 2.45) is 5.92 Å². The van der Waals surface area contributed by atoms with Crippen LogP contribution in [0.15, 0.2) is 0 Å². The fourth-order valence-corrected chi connectivity index (χ4v) is 1.66. The maximum atomic E-state index is 10.7. The average molecular weight is 187 g/mol. The molecule has 0 aromatic carbocycles. The summed E-state index contributed by atoms with van der Waals surface area (Å²) < 4.78 is 0. The van der Waals surface area contributed by atoms with E-state index in [1.165, 1.54) is 0 Å². The van der Waals surface area contributed by atoms with E-state index >= 15 is 0 Å². The first kappa shape index (κ1) is 9.83. The molecule has 2 atom stereocenters. The molecule has 1 aliphatic rings. The van der Waals surface area contributed by atoms with Gasteiger partial charge in [-0.2, -0.15) is 0 Å². The summed E-state index contributed by atoms with van der Waals surface area (Å²) in [6, 6.07) is -0.845. The maximum absolute atomic E-state index is 10.7. The molecule has 1 heterocycles. The van der Waals surface area contributed by atoms with Crippen LogP contribution in [-0.2, 0) is 4.79 Å². The maximum Gasteiger partial charge on any atom is 0.408 e. The summed E-state index contributed by atoms with van der Waals surface area (Å²) in [6.45, 7) is 2.29. The first-order valence-electron chi connectivity index (χ1n) is 4.28. The van der Waals surface area contributed by atoms with Crippen LogP contribution in [0.3, 0.4) is 0 Å². The normalized spacial score (nSPS) is 27.6. The molecule has 0 aliphatic carbocycles. The number of rotatable bonds is 2. The van der Waals surface area contributed by atoms with E-state index in [1.807, 2.05) is 6.92 Å². The second-order valence-corrected chi connectivity index (χ2v) is 3.30. The second-order valence-electron chi connectivity index (χ2n) is 3.30. The number of carboxylic acid groups (broad SMARTS) is 2. The van der Waals surface area contributed by atoms with E-state index in [9.17, 15) is 9.59 Å². The molecule has 0 bridgehead atoms.